The zero-order chi connectivity index (χ0) is 52.5. The van der Waals surface area contributed by atoms with E-state index in [1.165, 1.54) is 11.0 Å². The molecular weight excluding hydrogens is 988 g/mol. The predicted octanol–water partition coefficient (Wildman–Crippen LogP) is 7.09. The van der Waals surface area contributed by atoms with Crippen LogP contribution in [0.2, 0.25) is 0 Å². The highest BCUT2D eigenvalue weighted by Crippen LogP contribution is 2.44. The van der Waals surface area contributed by atoms with Gasteiger partial charge in [-0.3, -0.25) is 24.1 Å². The number of anilines is 2. The Bertz CT molecular complexity index is 2650. The molecule has 1 spiro atoms. The number of alkyl halides is 3. The van der Waals surface area contributed by atoms with Gasteiger partial charge in [-0.15, -0.1) is 11.3 Å². The van der Waals surface area contributed by atoms with Gasteiger partial charge >= 0.3 is 6.18 Å². The average Bonchev–Trinajstić information content (AvgIpc) is 4.04. The van der Waals surface area contributed by atoms with Crippen LogP contribution in [0.4, 0.5) is 24.5 Å². The lowest BCUT2D eigenvalue weighted by Crippen LogP contribution is -2.58. The fraction of sp³-hybridized carbons (Fsp3) is 0.481. The summed E-state index contributed by atoms with van der Waals surface area (Å²) in [6.07, 6.45) is -3.18. The number of ether oxygens (including phenoxy) is 4. The molecule has 0 bridgehead atoms. The molecule has 21 heteroatoms. The summed E-state index contributed by atoms with van der Waals surface area (Å²) in [5.74, 6) is -1.24. The number of halogens is 3. The maximum atomic E-state index is 14.1. The van der Waals surface area contributed by atoms with Crippen molar-refractivity contribution < 1.29 is 56.4 Å². The molecule has 390 valence electrons. The van der Waals surface area contributed by atoms with Gasteiger partial charge in [0.25, 0.3) is 5.91 Å². The number of β-amino-alcohol motifs (C(OH)–C–C–N with tert-alkyl or cyclic N) is 1. The third-order valence-corrected chi connectivity index (χ3v) is 14.3. The Labute approximate surface area is 431 Å². The average molecular weight is 1050 g/mol. The van der Waals surface area contributed by atoms with Crippen molar-refractivity contribution in [2.24, 2.45) is 5.41 Å². The number of amides is 4. The minimum Gasteiger partial charge on any atom is -0.494 e. The summed E-state index contributed by atoms with van der Waals surface area (Å²) in [6, 6.07) is 17.6. The van der Waals surface area contributed by atoms with Crippen LogP contribution in [-0.4, -0.2) is 120 Å². The Balaban J connectivity index is 0.798. The van der Waals surface area contributed by atoms with Crippen LogP contribution in [-0.2, 0) is 46.1 Å². The van der Waals surface area contributed by atoms with E-state index in [-0.39, 0.29) is 75.5 Å². The van der Waals surface area contributed by atoms with Crippen molar-refractivity contribution in [2.75, 3.05) is 62.6 Å². The lowest BCUT2D eigenvalue weighted by molar-refractivity contribution is -0.144. The number of carbonyl (C=O) groups is 4. The van der Waals surface area contributed by atoms with Crippen LogP contribution in [0.5, 0.6) is 5.75 Å². The monoisotopic (exact) mass is 1050 g/mol. The van der Waals surface area contributed by atoms with E-state index in [1.54, 1.807) is 52.1 Å². The predicted molar refractivity (Wildman–Crippen MR) is 271 cm³/mol. The molecule has 1 unspecified atom stereocenters. The van der Waals surface area contributed by atoms with Gasteiger partial charge < -0.3 is 44.5 Å². The number of thiocarbonyl (C=S) groups is 1. The standard InChI is InChI=1S/C52H60F3N7O9S2/c1-33-44(73-32-58-33)35-10-8-34(9-11-35)29-57-46(65)42-27-39(63)30-60(42)47(66)45(50(2,3)4)59-43(64)31-70-22-7-21-68-20-5-6-23-71-40-16-14-37(15-17-40)62-49(72)61(48(67)51(62)18-24-69-25-19-51)38-13-12-36(28-56)41(26-38)52(53,54)55/h8-17,26,32,39,42,45,63H,5-7,18-25,27,29-31H2,1-4H3,(H,57,65)(H,59,64)/t39-,42+,45?/m1/s1. The molecular formula is C52H60F3N7O9S2. The number of unbranched alkanes of at least 4 members (excludes halogenated alkanes) is 1. The van der Waals surface area contributed by atoms with Gasteiger partial charge in [-0.05, 0) is 97.4 Å². The molecule has 3 atom stereocenters. The van der Waals surface area contributed by atoms with E-state index in [0.29, 0.717) is 50.5 Å². The topological polar surface area (TPSA) is 196 Å². The highest BCUT2D eigenvalue weighted by molar-refractivity contribution is 7.81. The summed E-state index contributed by atoms with van der Waals surface area (Å²) >= 11 is 7.34. The number of rotatable bonds is 20. The second kappa shape index (κ2) is 23.9. The molecule has 4 aromatic rings. The number of hydrogen-bond acceptors (Lipinski definition) is 13. The van der Waals surface area contributed by atoms with Gasteiger partial charge in [0.15, 0.2) is 5.11 Å². The molecule has 0 radical (unpaired) electrons. The molecule has 1 aromatic heterocycles. The second-order valence-electron chi connectivity index (χ2n) is 19.3. The minimum absolute atomic E-state index is 0.0181. The first-order valence-corrected chi connectivity index (χ1v) is 25.4. The van der Waals surface area contributed by atoms with Gasteiger partial charge in [-0.25, -0.2) is 4.98 Å². The quantitative estimate of drug-likeness (QED) is 0.0601. The van der Waals surface area contributed by atoms with Crippen molar-refractivity contribution in [3.63, 3.8) is 0 Å². The minimum atomic E-state index is -4.82. The van der Waals surface area contributed by atoms with Gasteiger partial charge in [-0.2, -0.15) is 18.4 Å². The molecule has 7 rings (SSSR count). The van der Waals surface area contributed by atoms with Crippen LogP contribution in [0.15, 0.2) is 72.2 Å². The molecule has 3 aromatic carbocycles. The van der Waals surface area contributed by atoms with Crippen LogP contribution >= 0.6 is 23.6 Å². The van der Waals surface area contributed by atoms with Crippen LogP contribution in [0, 0.1) is 23.7 Å². The van der Waals surface area contributed by atoms with E-state index in [1.807, 2.05) is 52.0 Å². The summed E-state index contributed by atoms with van der Waals surface area (Å²) < 4.78 is 64.5. The maximum absolute atomic E-state index is 14.1. The molecule has 3 saturated heterocycles. The fourth-order valence-corrected chi connectivity index (χ4v) is 10.4. The van der Waals surface area contributed by atoms with Crippen LogP contribution in [0.3, 0.4) is 0 Å². The maximum Gasteiger partial charge on any atom is 0.417 e. The van der Waals surface area contributed by atoms with E-state index in [4.69, 9.17) is 31.2 Å². The molecule has 0 aliphatic carbocycles. The van der Waals surface area contributed by atoms with E-state index < -0.39 is 64.2 Å². The molecule has 4 amide bonds. The molecule has 4 heterocycles. The summed E-state index contributed by atoms with van der Waals surface area (Å²) in [7, 11) is 0. The molecule has 3 aliphatic rings. The molecule has 73 heavy (non-hydrogen) atoms. The SMILES string of the molecule is Cc1ncsc1-c1ccc(CNC(=O)[C@@H]2C[C@@H](O)CN2C(=O)C(NC(=O)COCCCOCCCCOc2ccc(N3C(=S)N(c4ccc(C#N)c(C(F)(F)F)c4)C(=O)C34CCOCC4)cc2)C(C)(C)C)cc1. The number of aliphatic hydroxyl groups excluding tert-OH is 1. The number of nitrogens with one attached hydrogen (secondary N) is 2. The van der Waals surface area contributed by atoms with Gasteiger partial charge in [0.2, 0.25) is 17.7 Å². The second-order valence-corrected chi connectivity index (χ2v) is 20.5. The Hall–Kier alpha value is -6.02. The number of aromatic nitrogens is 1. The summed E-state index contributed by atoms with van der Waals surface area (Å²) in [4.78, 5) is 64.1. The van der Waals surface area contributed by atoms with Crippen molar-refractivity contribution >= 4 is 63.7 Å². The first-order valence-electron chi connectivity index (χ1n) is 24.1. The number of benzene rings is 3. The zero-order valence-electron chi connectivity index (χ0n) is 41.2. The Morgan fingerprint density at radius 1 is 0.973 bits per heavy atom. The number of nitriles is 1. The number of likely N-dealkylation sites (tertiary alicyclic amines) is 1. The largest absolute Gasteiger partial charge is 0.494 e. The summed E-state index contributed by atoms with van der Waals surface area (Å²) in [5.41, 5.74) is 1.55. The lowest BCUT2D eigenvalue weighted by Gasteiger charge is -2.38. The molecule has 16 nitrogen and oxygen atoms in total. The summed E-state index contributed by atoms with van der Waals surface area (Å²) in [6.45, 7) is 9.33. The first-order chi connectivity index (χ1) is 34.8. The van der Waals surface area contributed by atoms with Crippen LogP contribution in [0.25, 0.3) is 10.4 Å². The number of carbonyl (C=O) groups excluding carboxylic acids is 4. The number of aliphatic hydroxyl groups is 1. The van der Waals surface area contributed by atoms with Gasteiger partial charge in [0.05, 0.1) is 51.7 Å². The van der Waals surface area contributed by atoms with Crippen molar-refractivity contribution in [1.29, 1.82) is 5.26 Å². The van der Waals surface area contributed by atoms with Crippen molar-refractivity contribution in [3.05, 3.63) is 94.6 Å². The van der Waals surface area contributed by atoms with E-state index in [0.717, 1.165) is 38.7 Å². The normalized spacial score (nSPS) is 18.3. The lowest BCUT2D eigenvalue weighted by atomic mass is 9.85. The molecule has 0 saturated carbocycles. The van der Waals surface area contributed by atoms with Crippen molar-refractivity contribution in [1.82, 2.24) is 20.5 Å². The fourth-order valence-electron chi connectivity index (χ4n) is 9.11. The Morgan fingerprint density at radius 2 is 1.64 bits per heavy atom. The zero-order valence-corrected chi connectivity index (χ0v) is 42.8. The highest BCUT2D eigenvalue weighted by atomic mass is 32.1. The number of hydrogen-bond donors (Lipinski definition) is 3. The number of nitrogens with zero attached hydrogens (tertiary/aromatic N) is 5. The van der Waals surface area contributed by atoms with Gasteiger partial charge in [0.1, 0.15) is 30.0 Å². The van der Waals surface area contributed by atoms with Crippen LogP contribution in [0.1, 0.15) is 81.7 Å². The van der Waals surface area contributed by atoms with E-state index >= 15 is 0 Å². The van der Waals surface area contributed by atoms with Crippen molar-refractivity contribution in [3.8, 4) is 22.3 Å². The van der Waals surface area contributed by atoms with E-state index in [2.05, 4.69) is 15.6 Å². The van der Waals surface area contributed by atoms with Gasteiger partial charge in [-0.1, -0.05) is 45.0 Å². The van der Waals surface area contributed by atoms with E-state index in [9.17, 15) is 42.7 Å². The third-order valence-electron chi connectivity index (χ3n) is 13.0. The molecule has 3 N–H and O–H groups in total. The number of thiazole rings is 1. The summed E-state index contributed by atoms with van der Waals surface area (Å²) in [5, 5.41) is 25.6. The first kappa shape index (κ1) is 54.7. The molecule has 3 aliphatic heterocycles. The van der Waals surface area contributed by atoms with Gasteiger partial charge in [0, 0.05) is 71.1 Å². The Morgan fingerprint density at radius 3 is 2.30 bits per heavy atom. The highest BCUT2D eigenvalue weighted by Gasteiger charge is 2.57. The Kier molecular flexibility index (Phi) is 17.9. The number of aryl methyl sites for hydroxylation is 1. The van der Waals surface area contributed by atoms with Crippen molar-refractivity contribution in [2.45, 2.75) is 103 Å². The third kappa shape index (κ3) is 13.0. The molecule has 3 fully saturated rings. The smallest absolute Gasteiger partial charge is 0.417 e. The van der Waals surface area contributed by atoms with Crippen LogP contribution < -0.4 is 25.2 Å².